The van der Waals surface area contributed by atoms with Gasteiger partial charge >= 0.3 is 0 Å². The molecule has 0 atom stereocenters. The number of aromatic nitrogens is 2. The summed E-state index contributed by atoms with van der Waals surface area (Å²) in [6, 6.07) is 3.81. The van der Waals surface area contributed by atoms with E-state index in [9.17, 15) is 12.8 Å². The smallest absolute Gasteiger partial charge is 0.267 e. The third kappa shape index (κ3) is 2.24. The molecular weight excluding hydrogens is 283 g/mol. The molecule has 2 aromatic rings. The highest BCUT2D eigenvalue weighted by Crippen LogP contribution is 2.28. The van der Waals surface area contributed by atoms with Crippen LogP contribution < -0.4 is 10.5 Å². The Labute approximate surface area is 107 Å². The van der Waals surface area contributed by atoms with Crippen LogP contribution in [0.5, 0.6) is 0 Å². The lowest BCUT2D eigenvalue weighted by Crippen LogP contribution is -2.15. The standard InChI is InChI=1S/C9H8ClFN4O2S/c10-5-2-1-3-6(11)8(5)15-18(16,17)7-4-13-14-9(7)12/h1-4,15H,(H3,12,13,14). The van der Waals surface area contributed by atoms with Crippen LogP contribution in [0.4, 0.5) is 15.9 Å². The molecule has 0 spiro atoms. The first-order valence-electron chi connectivity index (χ1n) is 4.67. The number of para-hydroxylation sites is 1. The van der Waals surface area contributed by atoms with Crippen LogP contribution in [-0.4, -0.2) is 18.6 Å². The van der Waals surface area contributed by atoms with Crippen LogP contribution in [0.3, 0.4) is 0 Å². The van der Waals surface area contributed by atoms with Crippen molar-refractivity contribution in [2.24, 2.45) is 0 Å². The zero-order valence-electron chi connectivity index (χ0n) is 8.81. The van der Waals surface area contributed by atoms with Gasteiger partial charge in [0.1, 0.15) is 22.2 Å². The number of H-pyrrole nitrogens is 1. The highest BCUT2D eigenvalue weighted by molar-refractivity contribution is 7.92. The second-order valence-electron chi connectivity index (χ2n) is 3.35. The minimum atomic E-state index is -4.04. The Morgan fingerprint density at radius 1 is 1.44 bits per heavy atom. The molecular formula is C9H8ClFN4O2S. The van der Waals surface area contributed by atoms with Crippen LogP contribution in [0.15, 0.2) is 29.3 Å². The third-order valence-corrected chi connectivity index (χ3v) is 3.81. The molecule has 0 amide bonds. The van der Waals surface area contributed by atoms with Crippen LogP contribution >= 0.6 is 11.6 Å². The van der Waals surface area contributed by atoms with Crippen LogP contribution in [0, 0.1) is 5.82 Å². The fraction of sp³-hybridized carbons (Fsp3) is 0. The van der Waals surface area contributed by atoms with Crippen molar-refractivity contribution in [1.29, 1.82) is 0 Å². The van der Waals surface area contributed by atoms with Gasteiger partial charge in [-0.05, 0) is 12.1 Å². The molecule has 1 aromatic carbocycles. The maximum absolute atomic E-state index is 13.5. The lowest BCUT2D eigenvalue weighted by Gasteiger charge is -2.09. The molecule has 1 aromatic heterocycles. The molecule has 0 aliphatic rings. The molecule has 0 fully saturated rings. The van der Waals surface area contributed by atoms with Gasteiger partial charge in [0, 0.05) is 0 Å². The van der Waals surface area contributed by atoms with Gasteiger partial charge in [-0.2, -0.15) is 5.10 Å². The van der Waals surface area contributed by atoms with E-state index in [4.69, 9.17) is 17.3 Å². The van der Waals surface area contributed by atoms with Gasteiger partial charge in [0.2, 0.25) is 0 Å². The van der Waals surface area contributed by atoms with E-state index in [1.807, 2.05) is 4.72 Å². The lowest BCUT2D eigenvalue weighted by atomic mass is 10.3. The minimum Gasteiger partial charge on any atom is -0.383 e. The lowest BCUT2D eigenvalue weighted by molar-refractivity contribution is 0.599. The number of nitrogen functional groups attached to an aromatic ring is 1. The second kappa shape index (κ2) is 4.46. The quantitative estimate of drug-likeness (QED) is 0.799. The number of hydrogen-bond acceptors (Lipinski definition) is 4. The first-order valence-corrected chi connectivity index (χ1v) is 6.53. The zero-order chi connectivity index (χ0) is 13.3. The topological polar surface area (TPSA) is 101 Å². The number of nitrogens with two attached hydrogens (primary N) is 1. The van der Waals surface area contributed by atoms with E-state index in [1.165, 1.54) is 12.1 Å². The van der Waals surface area contributed by atoms with Crippen molar-refractivity contribution in [2.75, 3.05) is 10.5 Å². The first kappa shape index (κ1) is 12.7. The average Bonchev–Trinajstić information content (AvgIpc) is 2.71. The van der Waals surface area contributed by atoms with Crippen molar-refractivity contribution in [1.82, 2.24) is 10.2 Å². The molecule has 0 aliphatic heterocycles. The van der Waals surface area contributed by atoms with Gasteiger partial charge in [-0.15, -0.1) is 0 Å². The third-order valence-electron chi connectivity index (χ3n) is 2.12. The van der Waals surface area contributed by atoms with E-state index < -0.39 is 15.8 Å². The van der Waals surface area contributed by atoms with Crippen LogP contribution in [0.1, 0.15) is 0 Å². The monoisotopic (exact) mass is 290 g/mol. The maximum atomic E-state index is 13.5. The predicted octanol–water partition coefficient (Wildman–Crippen LogP) is 1.59. The number of rotatable bonds is 3. The highest BCUT2D eigenvalue weighted by atomic mass is 35.5. The molecule has 0 saturated heterocycles. The summed E-state index contributed by atoms with van der Waals surface area (Å²) < 4.78 is 39.3. The van der Waals surface area contributed by atoms with Crippen molar-refractivity contribution in [3.63, 3.8) is 0 Å². The number of aromatic amines is 1. The number of nitrogens with one attached hydrogen (secondary N) is 2. The molecule has 2 rings (SSSR count). The fourth-order valence-electron chi connectivity index (χ4n) is 1.28. The number of nitrogens with zero attached hydrogens (tertiary/aromatic N) is 1. The fourth-order valence-corrected chi connectivity index (χ4v) is 2.66. The normalized spacial score (nSPS) is 11.4. The number of sulfonamides is 1. The highest BCUT2D eigenvalue weighted by Gasteiger charge is 2.22. The van der Waals surface area contributed by atoms with Crippen molar-refractivity contribution in [3.05, 3.63) is 35.2 Å². The van der Waals surface area contributed by atoms with Gasteiger partial charge in [-0.25, -0.2) is 12.8 Å². The number of hydrogen-bond donors (Lipinski definition) is 3. The molecule has 96 valence electrons. The van der Waals surface area contributed by atoms with E-state index in [2.05, 4.69) is 10.2 Å². The van der Waals surface area contributed by atoms with Crippen molar-refractivity contribution < 1.29 is 12.8 Å². The van der Waals surface area contributed by atoms with Gasteiger partial charge in [-0.1, -0.05) is 17.7 Å². The van der Waals surface area contributed by atoms with Crippen LogP contribution in [0.25, 0.3) is 0 Å². The summed E-state index contributed by atoms with van der Waals surface area (Å²) in [7, 11) is -4.04. The molecule has 18 heavy (non-hydrogen) atoms. The summed E-state index contributed by atoms with van der Waals surface area (Å²) in [5.74, 6) is -0.928. The zero-order valence-corrected chi connectivity index (χ0v) is 10.4. The molecule has 4 N–H and O–H groups in total. The average molecular weight is 291 g/mol. The van der Waals surface area contributed by atoms with E-state index in [1.54, 1.807) is 0 Å². The minimum absolute atomic E-state index is 0.0550. The molecule has 1 heterocycles. The molecule has 0 unspecified atom stereocenters. The Kier molecular flexibility index (Phi) is 3.14. The summed E-state index contributed by atoms with van der Waals surface area (Å²) in [5.41, 5.74) is 5.06. The van der Waals surface area contributed by atoms with Gasteiger partial charge < -0.3 is 5.73 Å². The Morgan fingerprint density at radius 3 is 2.72 bits per heavy atom. The Bertz CT molecular complexity index is 665. The van der Waals surface area contributed by atoms with Crippen molar-refractivity contribution >= 4 is 33.1 Å². The Hall–Kier alpha value is -1.80. The molecule has 6 nitrogen and oxygen atoms in total. The van der Waals surface area contributed by atoms with Crippen LogP contribution in [0.2, 0.25) is 5.02 Å². The van der Waals surface area contributed by atoms with Gasteiger partial charge in [-0.3, -0.25) is 9.82 Å². The molecule has 0 bridgehead atoms. The molecule has 0 saturated carbocycles. The molecule has 0 radical (unpaired) electrons. The summed E-state index contributed by atoms with van der Waals surface area (Å²) >= 11 is 5.72. The Morgan fingerprint density at radius 2 is 2.17 bits per heavy atom. The van der Waals surface area contributed by atoms with Gasteiger partial charge in [0.05, 0.1) is 11.2 Å². The van der Waals surface area contributed by atoms with E-state index >= 15 is 0 Å². The summed E-state index contributed by atoms with van der Waals surface area (Å²) in [6.07, 6.45) is 1.02. The molecule has 9 heteroatoms. The van der Waals surface area contributed by atoms with Crippen molar-refractivity contribution in [3.8, 4) is 0 Å². The maximum Gasteiger partial charge on any atom is 0.267 e. The largest absolute Gasteiger partial charge is 0.383 e. The number of anilines is 2. The Balaban J connectivity index is 2.44. The summed E-state index contributed by atoms with van der Waals surface area (Å²) in [5, 5.41) is 5.70. The SMILES string of the molecule is Nc1[nH]ncc1S(=O)(=O)Nc1c(F)cccc1Cl. The predicted molar refractivity (Wildman–Crippen MR) is 65.2 cm³/mol. The summed E-state index contributed by atoms with van der Waals surface area (Å²) in [6.45, 7) is 0. The van der Waals surface area contributed by atoms with Gasteiger partial charge in [0.15, 0.2) is 0 Å². The van der Waals surface area contributed by atoms with Gasteiger partial charge in [0.25, 0.3) is 10.0 Å². The number of halogens is 2. The van der Waals surface area contributed by atoms with Crippen molar-refractivity contribution in [2.45, 2.75) is 4.90 Å². The van der Waals surface area contributed by atoms with E-state index in [-0.39, 0.29) is 21.4 Å². The second-order valence-corrected chi connectivity index (χ2v) is 5.41. The molecule has 0 aliphatic carbocycles. The van der Waals surface area contributed by atoms with E-state index in [0.29, 0.717) is 0 Å². The summed E-state index contributed by atoms with van der Waals surface area (Å²) in [4.78, 5) is -0.276. The first-order chi connectivity index (χ1) is 8.42. The number of benzene rings is 1. The van der Waals surface area contributed by atoms with Crippen LogP contribution in [-0.2, 0) is 10.0 Å². The van der Waals surface area contributed by atoms with E-state index in [0.717, 1.165) is 12.3 Å².